The maximum Gasteiger partial charge on any atom is 0.451 e. The third-order valence-corrected chi connectivity index (χ3v) is 5.33. The number of alkyl halides is 3. The molecule has 2 fully saturated rings. The van der Waals surface area contributed by atoms with Gasteiger partial charge >= 0.3 is 6.18 Å². The quantitative estimate of drug-likeness (QED) is 0.852. The number of imidazole rings is 1. The van der Waals surface area contributed by atoms with Crippen LogP contribution < -0.4 is 5.32 Å². The van der Waals surface area contributed by atoms with E-state index in [2.05, 4.69) is 25.3 Å². The van der Waals surface area contributed by atoms with E-state index >= 15 is 0 Å². The summed E-state index contributed by atoms with van der Waals surface area (Å²) in [6, 6.07) is -0.153. The fourth-order valence-electron chi connectivity index (χ4n) is 3.94. The topological polar surface area (TPSA) is 86.8 Å². The van der Waals surface area contributed by atoms with Crippen molar-refractivity contribution in [1.29, 1.82) is 0 Å². The van der Waals surface area contributed by atoms with Gasteiger partial charge in [-0.2, -0.15) is 13.2 Å². The molecular formula is C17H21F3N6O. The number of likely N-dealkylation sites (tertiary alicyclic amines) is 1. The van der Waals surface area contributed by atoms with Gasteiger partial charge in [-0.05, 0) is 19.3 Å². The number of carbonyl (C=O) groups excluding carboxylic acids is 1. The molecule has 0 spiro atoms. The van der Waals surface area contributed by atoms with E-state index in [1.807, 2.05) is 4.90 Å². The van der Waals surface area contributed by atoms with Crippen LogP contribution in [0.4, 0.5) is 19.0 Å². The molecular weight excluding hydrogens is 361 g/mol. The van der Waals surface area contributed by atoms with Gasteiger partial charge in [-0.15, -0.1) is 0 Å². The number of halogens is 3. The lowest BCUT2D eigenvalue weighted by atomic mass is 9.88. The molecule has 1 saturated carbocycles. The predicted molar refractivity (Wildman–Crippen MR) is 91.9 cm³/mol. The van der Waals surface area contributed by atoms with Gasteiger partial charge in [0.05, 0.1) is 6.33 Å². The van der Waals surface area contributed by atoms with E-state index < -0.39 is 12.0 Å². The number of fused-ring (bicyclic) bond motifs is 1. The van der Waals surface area contributed by atoms with Crippen molar-refractivity contribution < 1.29 is 18.0 Å². The van der Waals surface area contributed by atoms with Crippen molar-refractivity contribution in [3.05, 3.63) is 12.2 Å². The number of carbonyl (C=O) groups is 1. The summed E-state index contributed by atoms with van der Waals surface area (Å²) in [6.07, 6.45) is 2.53. The summed E-state index contributed by atoms with van der Waals surface area (Å²) < 4.78 is 39.1. The standard InChI is InChI=1S/C17H21F3N6O/c18-17(19,20)16-24-13-12(21-9-22-13)14(25-16)23-11-6-7-26(8-11)15(27)10-4-2-1-3-5-10/h9-11H,1-8H2,(H2,21,22,23,24,25)/t11-/m0/s1. The first-order valence-electron chi connectivity index (χ1n) is 9.25. The second-order valence-electron chi connectivity index (χ2n) is 7.24. The third-order valence-electron chi connectivity index (χ3n) is 5.33. The molecule has 0 aromatic carbocycles. The molecule has 1 atom stereocenters. The summed E-state index contributed by atoms with van der Waals surface area (Å²) >= 11 is 0. The van der Waals surface area contributed by atoms with E-state index in [4.69, 9.17) is 0 Å². The lowest BCUT2D eigenvalue weighted by molar-refractivity contribution is -0.144. The molecule has 1 saturated heterocycles. The highest BCUT2D eigenvalue weighted by atomic mass is 19.4. The second kappa shape index (κ2) is 6.97. The highest BCUT2D eigenvalue weighted by Crippen LogP contribution is 2.31. The van der Waals surface area contributed by atoms with Gasteiger partial charge in [0, 0.05) is 25.0 Å². The van der Waals surface area contributed by atoms with Crippen LogP contribution in [-0.4, -0.2) is 49.9 Å². The van der Waals surface area contributed by atoms with E-state index in [-0.39, 0.29) is 29.3 Å². The Kier molecular flexibility index (Phi) is 4.65. The zero-order valence-corrected chi connectivity index (χ0v) is 14.7. The Morgan fingerprint density at radius 2 is 1.96 bits per heavy atom. The van der Waals surface area contributed by atoms with E-state index in [0.29, 0.717) is 25.0 Å². The molecule has 2 aromatic heterocycles. The molecule has 2 aromatic rings. The predicted octanol–water partition coefficient (Wildman–Crippen LogP) is 2.96. The van der Waals surface area contributed by atoms with Crippen LogP contribution in [0.5, 0.6) is 0 Å². The fourth-order valence-corrected chi connectivity index (χ4v) is 3.94. The molecule has 0 unspecified atom stereocenters. The van der Waals surface area contributed by atoms with Gasteiger partial charge in [-0.3, -0.25) is 4.79 Å². The first-order valence-corrected chi connectivity index (χ1v) is 9.25. The zero-order valence-electron chi connectivity index (χ0n) is 14.7. The normalized spacial score (nSPS) is 21.7. The molecule has 1 amide bonds. The summed E-state index contributed by atoms with van der Waals surface area (Å²) in [6.45, 7) is 1.08. The summed E-state index contributed by atoms with van der Waals surface area (Å²) in [5.41, 5.74) is 0.299. The lowest BCUT2D eigenvalue weighted by Gasteiger charge is -2.26. The van der Waals surface area contributed by atoms with E-state index in [9.17, 15) is 18.0 Å². The van der Waals surface area contributed by atoms with Crippen LogP contribution in [-0.2, 0) is 11.0 Å². The van der Waals surface area contributed by atoms with Crippen LogP contribution in [0, 0.1) is 5.92 Å². The lowest BCUT2D eigenvalue weighted by Crippen LogP contribution is -2.37. The molecule has 0 radical (unpaired) electrons. The highest BCUT2D eigenvalue weighted by Gasteiger charge is 2.37. The molecule has 1 aliphatic heterocycles. The Bertz CT molecular complexity index is 830. The number of H-pyrrole nitrogens is 1. The first-order chi connectivity index (χ1) is 12.9. The van der Waals surface area contributed by atoms with Crippen molar-refractivity contribution >= 4 is 22.9 Å². The van der Waals surface area contributed by atoms with Crippen molar-refractivity contribution in [2.75, 3.05) is 18.4 Å². The minimum atomic E-state index is -4.65. The molecule has 27 heavy (non-hydrogen) atoms. The monoisotopic (exact) mass is 382 g/mol. The molecule has 4 rings (SSSR count). The van der Waals surface area contributed by atoms with Crippen LogP contribution in [0.3, 0.4) is 0 Å². The minimum absolute atomic E-state index is 0.0343. The van der Waals surface area contributed by atoms with Crippen molar-refractivity contribution in [2.45, 2.75) is 50.7 Å². The van der Waals surface area contributed by atoms with Crippen LogP contribution in [0.1, 0.15) is 44.3 Å². The average Bonchev–Trinajstić information content (AvgIpc) is 3.30. The number of aromatic amines is 1. The van der Waals surface area contributed by atoms with Crippen LogP contribution in [0.25, 0.3) is 11.2 Å². The molecule has 1 aliphatic carbocycles. The van der Waals surface area contributed by atoms with Gasteiger partial charge in [-0.25, -0.2) is 15.0 Å². The first kappa shape index (κ1) is 18.0. The molecule has 2 N–H and O–H groups in total. The van der Waals surface area contributed by atoms with Crippen LogP contribution in [0.2, 0.25) is 0 Å². The number of nitrogens with zero attached hydrogens (tertiary/aromatic N) is 4. The van der Waals surface area contributed by atoms with Gasteiger partial charge in [-0.1, -0.05) is 19.3 Å². The maximum atomic E-state index is 13.0. The van der Waals surface area contributed by atoms with Crippen molar-refractivity contribution in [3.63, 3.8) is 0 Å². The van der Waals surface area contributed by atoms with Crippen molar-refractivity contribution in [2.24, 2.45) is 5.92 Å². The number of nitrogens with one attached hydrogen (secondary N) is 2. The Labute approximate surface area is 153 Å². The van der Waals surface area contributed by atoms with E-state index in [1.165, 1.54) is 12.7 Å². The molecule has 3 heterocycles. The number of amides is 1. The summed E-state index contributed by atoms with van der Waals surface area (Å²) in [4.78, 5) is 28.2. The molecule has 7 nitrogen and oxygen atoms in total. The Hall–Kier alpha value is -2.39. The van der Waals surface area contributed by atoms with Crippen molar-refractivity contribution in [1.82, 2.24) is 24.8 Å². The highest BCUT2D eigenvalue weighted by molar-refractivity contribution is 5.83. The van der Waals surface area contributed by atoms with Gasteiger partial charge in [0.15, 0.2) is 11.5 Å². The summed E-state index contributed by atoms with van der Waals surface area (Å²) in [5.74, 6) is -0.892. The Morgan fingerprint density at radius 3 is 2.70 bits per heavy atom. The van der Waals surface area contributed by atoms with Gasteiger partial charge < -0.3 is 15.2 Å². The molecule has 2 aliphatic rings. The maximum absolute atomic E-state index is 13.0. The fraction of sp³-hybridized carbons (Fsp3) is 0.647. The largest absolute Gasteiger partial charge is 0.451 e. The zero-order chi connectivity index (χ0) is 19.0. The van der Waals surface area contributed by atoms with Gasteiger partial charge in [0.1, 0.15) is 5.52 Å². The smallest absolute Gasteiger partial charge is 0.364 e. The molecule has 0 bridgehead atoms. The Morgan fingerprint density at radius 1 is 1.19 bits per heavy atom. The van der Waals surface area contributed by atoms with E-state index in [1.54, 1.807) is 0 Å². The minimum Gasteiger partial charge on any atom is -0.364 e. The number of rotatable bonds is 3. The van der Waals surface area contributed by atoms with Crippen molar-refractivity contribution in [3.8, 4) is 0 Å². The number of anilines is 1. The Balaban J connectivity index is 1.48. The van der Waals surface area contributed by atoms with Gasteiger partial charge in [0.25, 0.3) is 0 Å². The number of aromatic nitrogens is 4. The third kappa shape index (κ3) is 3.70. The second-order valence-corrected chi connectivity index (χ2v) is 7.24. The van der Waals surface area contributed by atoms with Gasteiger partial charge in [0.2, 0.25) is 11.7 Å². The van der Waals surface area contributed by atoms with Crippen LogP contribution in [0.15, 0.2) is 6.33 Å². The van der Waals surface area contributed by atoms with E-state index in [0.717, 1.165) is 25.7 Å². The molecule has 146 valence electrons. The molecule has 10 heteroatoms. The SMILES string of the molecule is O=C(C1CCCCC1)N1CC[C@H](Nc2nc(C(F)(F)F)nc3nc[nH]c23)C1. The number of hydrogen-bond acceptors (Lipinski definition) is 5. The average molecular weight is 382 g/mol. The van der Waals surface area contributed by atoms with Crippen LogP contribution >= 0.6 is 0 Å². The summed E-state index contributed by atoms with van der Waals surface area (Å²) in [7, 11) is 0. The summed E-state index contributed by atoms with van der Waals surface area (Å²) in [5, 5.41) is 3.05. The number of hydrogen-bond donors (Lipinski definition) is 2.